The zero-order valence-electron chi connectivity index (χ0n) is 24.7. The predicted octanol–water partition coefficient (Wildman–Crippen LogP) is -2.91. The van der Waals surface area contributed by atoms with Gasteiger partial charge in [-0.25, -0.2) is 18.0 Å². The molecule has 1 aromatic rings. The molecule has 5 amide bonds. The van der Waals surface area contributed by atoms with Gasteiger partial charge in [-0.3, -0.25) is 28.7 Å². The number of hydrogen-bond acceptors (Lipinski definition) is 12. The van der Waals surface area contributed by atoms with Gasteiger partial charge in [0.05, 0.1) is 5.75 Å². The van der Waals surface area contributed by atoms with Crippen molar-refractivity contribution in [2.75, 3.05) is 19.3 Å². The van der Waals surface area contributed by atoms with Gasteiger partial charge >= 0.3 is 11.9 Å². The summed E-state index contributed by atoms with van der Waals surface area (Å²) < 4.78 is 26.0. The molecule has 8 N–H and O–H groups in total. The van der Waals surface area contributed by atoms with Gasteiger partial charge in [0.25, 0.3) is 0 Å². The van der Waals surface area contributed by atoms with E-state index in [1.165, 1.54) is 7.05 Å². The Labute approximate surface area is 258 Å². The molecule has 252 valence electrons. The molecule has 20 nitrogen and oxygen atoms in total. The normalized spacial score (nSPS) is 12.3. The Morgan fingerprint density at radius 3 is 1.87 bits per heavy atom. The van der Waals surface area contributed by atoms with Gasteiger partial charge in [0.1, 0.15) is 12.1 Å². The first-order chi connectivity index (χ1) is 21.2. The Hall–Kier alpha value is -4.69. The molecule has 0 aliphatic carbocycles. The number of hydrogen-bond donors (Lipinski definition) is 8. The van der Waals surface area contributed by atoms with Gasteiger partial charge in [0, 0.05) is 52.1 Å². The molecule has 1 aromatic heterocycles. The molecular weight excluding hydrogens is 622 g/mol. The van der Waals surface area contributed by atoms with Crippen molar-refractivity contribution in [1.29, 1.82) is 0 Å². The van der Waals surface area contributed by atoms with Crippen LogP contribution in [0.25, 0.3) is 0 Å². The molecule has 21 heteroatoms. The van der Waals surface area contributed by atoms with Crippen LogP contribution >= 0.6 is 0 Å². The van der Waals surface area contributed by atoms with Gasteiger partial charge in [-0.05, 0) is 32.1 Å². The third-order valence-corrected chi connectivity index (χ3v) is 7.41. The number of aromatic amines is 1. The van der Waals surface area contributed by atoms with Crippen LogP contribution in [0.2, 0.25) is 0 Å². The lowest BCUT2D eigenvalue weighted by Crippen LogP contribution is -2.44. The summed E-state index contributed by atoms with van der Waals surface area (Å²) in [6.07, 6.45) is -0.709. The Morgan fingerprint density at radius 1 is 0.756 bits per heavy atom. The van der Waals surface area contributed by atoms with Gasteiger partial charge in [-0.15, -0.1) is 10.2 Å². The van der Waals surface area contributed by atoms with Crippen molar-refractivity contribution >= 4 is 51.5 Å². The van der Waals surface area contributed by atoms with Crippen LogP contribution in [-0.2, 0) is 50.0 Å². The van der Waals surface area contributed by atoms with E-state index < -0.39 is 75.8 Å². The van der Waals surface area contributed by atoms with Crippen LogP contribution in [0.1, 0.15) is 70.0 Å². The van der Waals surface area contributed by atoms with Crippen LogP contribution < -0.4 is 26.0 Å². The number of H-pyrrole nitrogens is 1. The molecule has 0 aliphatic rings. The summed E-state index contributed by atoms with van der Waals surface area (Å²) >= 11 is 0. The number of aliphatic carboxylic acids is 2. The Kier molecular flexibility index (Phi) is 17.3. The maximum Gasteiger partial charge on any atom is 0.326 e. The number of amides is 5. The minimum absolute atomic E-state index is 0.0445. The van der Waals surface area contributed by atoms with Gasteiger partial charge < -0.3 is 31.5 Å². The topological polar surface area (TPSA) is 309 Å². The molecule has 1 rings (SSSR count). The molecule has 1 unspecified atom stereocenters. The van der Waals surface area contributed by atoms with Gasteiger partial charge in [-0.1, -0.05) is 5.21 Å². The maximum atomic E-state index is 12.2. The first kappa shape index (κ1) is 38.3. The minimum Gasteiger partial charge on any atom is -0.480 e. The second-order valence-electron chi connectivity index (χ2n) is 9.75. The van der Waals surface area contributed by atoms with Crippen LogP contribution in [0, 0.1) is 0 Å². The van der Waals surface area contributed by atoms with E-state index in [1.807, 2.05) is 4.72 Å². The van der Waals surface area contributed by atoms with E-state index in [1.54, 1.807) is 0 Å². The Bertz CT molecular complexity index is 1270. The summed E-state index contributed by atoms with van der Waals surface area (Å²) in [5.74, 6) is -5.86. The van der Waals surface area contributed by atoms with E-state index in [2.05, 4.69) is 41.9 Å². The molecule has 45 heavy (non-hydrogen) atoms. The molecule has 0 aliphatic heterocycles. The lowest BCUT2D eigenvalue weighted by molar-refractivity contribution is -0.143. The first-order valence-electron chi connectivity index (χ1n) is 14.0. The van der Waals surface area contributed by atoms with Crippen LogP contribution in [0.4, 0.5) is 0 Å². The summed E-state index contributed by atoms with van der Waals surface area (Å²) in [4.78, 5) is 82.3. The fourth-order valence-corrected chi connectivity index (χ4v) is 4.76. The summed E-state index contributed by atoms with van der Waals surface area (Å²) in [6.45, 7) is 0.0445. The highest BCUT2D eigenvalue weighted by molar-refractivity contribution is 7.90. The molecule has 2 atom stereocenters. The number of aromatic nitrogens is 4. The molecule has 0 spiro atoms. The highest BCUT2D eigenvalue weighted by Crippen LogP contribution is 2.04. The van der Waals surface area contributed by atoms with Gasteiger partial charge in [-0.2, -0.15) is 5.21 Å². The lowest BCUT2D eigenvalue weighted by atomic mass is 10.1. The summed E-state index contributed by atoms with van der Waals surface area (Å²) in [5, 5.41) is 41.0. The zero-order valence-corrected chi connectivity index (χ0v) is 25.5. The fourth-order valence-electron chi connectivity index (χ4n) is 3.68. The van der Waals surface area contributed by atoms with Crippen LogP contribution in [0.3, 0.4) is 0 Å². The standard InChI is InChI=1S/C24H39N9O11S/c1-25-18(34)11-9-15(23(39)40)28-21(37)12-10-16(24(41)42)27-20(36)7-3-13-26-19(35)8-4-14-45(43,44)31-22(38)6-2-5-17-29-32-33-30-17/h15-16H,2-14H2,1H3,(H,25,34)(H,26,35)(H,27,36)(H,28,37)(H,31,38)(H,39,40)(H,41,42)(H,29,30,32,33)/t15?,16-/m0/s1. The van der Waals surface area contributed by atoms with Crippen molar-refractivity contribution in [3.05, 3.63) is 5.82 Å². The second kappa shape index (κ2) is 20.3. The number of carboxylic acid groups (broad SMARTS) is 2. The van der Waals surface area contributed by atoms with E-state index >= 15 is 0 Å². The molecule has 0 saturated carbocycles. The van der Waals surface area contributed by atoms with Crippen molar-refractivity contribution < 1.29 is 52.2 Å². The van der Waals surface area contributed by atoms with Crippen LogP contribution in [0.5, 0.6) is 0 Å². The van der Waals surface area contributed by atoms with Crippen molar-refractivity contribution in [2.45, 2.75) is 82.7 Å². The number of nitrogens with one attached hydrogen (secondary N) is 6. The smallest absolute Gasteiger partial charge is 0.326 e. The fraction of sp³-hybridized carbons (Fsp3) is 0.667. The number of carbonyl (C=O) groups excluding carboxylic acids is 5. The third-order valence-electron chi connectivity index (χ3n) is 6.05. The average molecular weight is 662 g/mol. The SMILES string of the molecule is CNC(=O)CCC(NC(=O)CC[C@H](NC(=O)CCCNC(=O)CCCS(=O)(=O)NC(=O)CCCc1nn[nH]n1)C(=O)O)C(=O)O. The van der Waals surface area contributed by atoms with Gasteiger partial charge in [0.15, 0.2) is 5.82 Å². The Morgan fingerprint density at radius 2 is 1.31 bits per heavy atom. The second-order valence-corrected chi connectivity index (χ2v) is 11.6. The summed E-state index contributed by atoms with van der Waals surface area (Å²) in [7, 11) is -2.56. The number of carbonyl (C=O) groups is 7. The minimum atomic E-state index is -3.94. The first-order valence-corrected chi connectivity index (χ1v) is 15.6. The number of aryl methyl sites for hydroxylation is 1. The lowest BCUT2D eigenvalue weighted by Gasteiger charge is -2.17. The van der Waals surface area contributed by atoms with Crippen molar-refractivity contribution in [3.8, 4) is 0 Å². The highest BCUT2D eigenvalue weighted by atomic mass is 32.2. The predicted molar refractivity (Wildman–Crippen MR) is 152 cm³/mol. The van der Waals surface area contributed by atoms with Crippen molar-refractivity contribution in [3.63, 3.8) is 0 Å². The molecule has 0 aromatic carbocycles. The van der Waals surface area contributed by atoms with E-state index in [0.717, 1.165) is 0 Å². The van der Waals surface area contributed by atoms with Crippen molar-refractivity contribution in [2.24, 2.45) is 0 Å². The van der Waals surface area contributed by atoms with Crippen LogP contribution in [-0.4, -0.2) is 112 Å². The van der Waals surface area contributed by atoms with E-state index in [0.29, 0.717) is 18.7 Å². The molecule has 0 bridgehead atoms. The number of rotatable bonds is 23. The summed E-state index contributed by atoms with van der Waals surface area (Å²) in [6, 6.07) is -2.78. The van der Waals surface area contributed by atoms with Gasteiger partial charge in [0.2, 0.25) is 39.6 Å². The number of nitrogens with zero attached hydrogens (tertiary/aromatic N) is 3. The molecule has 0 radical (unpaired) electrons. The molecule has 1 heterocycles. The van der Waals surface area contributed by atoms with E-state index in [9.17, 15) is 52.2 Å². The summed E-state index contributed by atoms with van der Waals surface area (Å²) in [5.41, 5.74) is 0. The molecule has 0 saturated heterocycles. The average Bonchev–Trinajstić information content (AvgIpc) is 3.48. The molecular formula is C24H39N9O11S. The Balaban J connectivity index is 2.28. The third kappa shape index (κ3) is 17.9. The molecule has 0 fully saturated rings. The number of carboxylic acids is 2. The van der Waals surface area contributed by atoms with E-state index in [4.69, 9.17) is 0 Å². The highest BCUT2D eigenvalue weighted by Gasteiger charge is 2.24. The monoisotopic (exact) mass is 661 g/mol. The maximum absolute atomic E-state index is 12.2. The number of sulfonamides is 1. The van der Waals surface area contributed by atoms with Crippen molar-refractivity contribution in [1.82, 2.24) is 46.6 Å². The zero-order chi connectivity index (χ0) is 33.8. The van der Waals surface area contributed by atoms with E-state index in [-0.39, 0.29) is 57.9 Å². The quantitative estimate of drug-likeness (QED) is 0.0545. The largest absolute Gasteiger partial charge is 0.480 e. The van der Waals surface area contributed by atoms with Crippen LogP contribution in [0.15, 0.2) is 0 Å². The number of tetrazole rings is 1.